The number of esters is 1. The van der Waals surface area contributed by atoms with Gasteiger partial charge in [-0.3, -0.25) is 10.2 Å². The molecule has 8 nitrogen and oxygen atoms in total. The average Bonchev–Trinajstić information content (AvgIpc) is 3.20. The van der Waals surface area contributed by atoms with Gasteiger partial charge in [0.2, 0.25) is 0 Å². The summed E-state index contributed by atoms with van der Waals surface area (Å²) in [4.78, 5) is 24.3. The van der Waals surface area contributed by atoms with Gasteiger partial charge in [0.25, 0.3) is 0 Å². The average molecular weight is 695 g/mol. The molecular formula is C35H64ClFN2O6S. The Morgan fingerprint density at radius 3 is 2.20 bits per heavy atom. The van der Waals surface area contributed by atoms with Crippen LogP contribution in [0.5, 0.6) is 0 Å². The Morgan fingerprint density at radius 2 is 1.63 bits per heavy atom. The van der Waals surface area contributed by atoms with Crippen LogP contribution in [0, 0.1) is 0 Å². The summed E-state index contributed by atoms with van der Waals surface area (Å²) in [6, 6.07) is -0.437. The Bertz CT molecular complexity index is 832. The van der Waals surface area contributed by atoms with Crippen LogP contribution in [-0.4, -0.2) is 93.8 Å². The number of ether oxygens (including phenoxy) is 2. The predicted octanol–water partition coefficient (Wildman–Crippen LogP) is 7.25. The summed E-state index contributed by atoms with van der Waals surface area (Å²) in [5, 5.41) is 23.1. The van der Waals surface area contributed by atoms with Gasteiger partial charge in [-0.15, -0.1) is 23.4 Å². The van der Waals surface area contributed by atoms with Crippen LogP contribution in [0.25, 0.3) is 0 Å². The zero-order valence-electron chi connectivity index (χ0n) is 28.8. The maximum atomic E-state index is 15.2. The Morgan fingerprint density at radius 1 is 1.02 bits per heavy atom. The third kappa shape index (κ3) is 15.4. The lowest BCUT2D eigenvalue weighted by Gasteiger charge is -2.42. The van der Waals surface area contributed by atoms with E-state index in [1.54, 1.807) is 5.01 Å². The fraction of sp³-hybridized carbons (Fsp3) is 0.943. The molecule has 0 bridgehead atoms. The molecule has 270 valence electrons. The monoisotopic (exact) mass is 694 g/mol. The van der Waals surface area contributed by atoms with Crippen LogP contribution in [0.1, 0.15) is 142 Å². The Labute approximate surface area is 287 Å². The topological polar surface area (TPSA) is 108 Å². The molecule has 2 heterocycles. The minimum atomic E-state index is -1.30. The van der Waals surface area contributed by atoms with E-state index >= 15 is 4.39 Å². The smallest absolute Gasteiger partial charge is 0.306 e. The standard InChI is InChI=1S/C35H64ClFN2O6S/c1-4-6-7-8-9-10-11-12-13-14-15-16-17-18-30(41)45-33-32(43)31(42)29(44-34(33)46-3)24-27(36)25-38-39-23-22-35(37,20-5-2)21-19-28(39)26-40/h26-29,31-34,38,42-43H,4-25H2,1-3H3. The van der Waals surface area contributed by atoms with Gasteiger partial charge in [-0.05, 0) is 44.8 Å². The maximum Gasteiger partial charge on any atom is 0.306 e. The van der Waals surface area contributed by atoms with E-state index in [-0.39, 0.29) is 19.4 Å². The molecule has 11 heteroatoms. The summed E-state index contributed by atoms with van der Waals surface area (Å²) in [6.45, 7) is 4.89. The first kappa shape index (κ1) is 41.7. The molecule has 0 aromatic carbocycles. The highest BCUT2D eigenvalue weighted by Gasteiger charge is 2.47. The van der Waals surface area contributed by atoms with E-state index in [9.17, 15) is 19.8 Å². The number of hydrogen-bond acceptors (Lipinski definition) is 9. The molecule has 0 saturated carbocycles. The van der Waals surface area contributed by atoms with Gasteiger partial charge in [0.15, 0.2) is 6.10 Å². The Hall–Kier alpha value is -0.490. The molecule has 8 atom stereocenters. The predicted molar refractivity (Wildman–Crippen MR) is 186 cm³/mol. The van der Waals surface area contributed by atoms with Gasteiger partial charge in [0.05, 0.1) is 12.1 Å². The number of hydrogen-bond donors (Lipinski definition) is 3. The van der Waals surface area contributed by atoms with E-state index in [1.807, 2.05) is 13.2 Å². The first-order valence-corrected chi connectivity index (χ1v) is 19.9. The lowest BCUT2D eigenvalue weighted by Crippen LogP contribution is -2.58. The van der Waals surface area contributed by atoms with E-state index < -0.39 is 52.9 Å². The van der Waals surface area contributed by atoms with E-state index in [0.717, 1.165) is 32.0 Å². The van der Waals surface area contributed by atoms with Gasteiger partial charge < -0.3 is 24.5 Å². The number of aldehydes is 1. The summed E-state index contributed by atoms with van der Waals surface area (Å²) in [5.41, 5.74) is 1.29. The molecule has 0 amide bonds. The van der Waals surface area contributed by atoms with Gasteiger partial charge in [-0.25, -0.2) is 9.40 Å². The highest BCUT2D eigenvalue weighted by Crippen LogP contribution is 2.34. The number of alkyl halides is 2. The van der Waals surface area contributed by atoms with Gasteiger partial charge >= 0.3 is 5.97 Å². The summed E-state index contributed by atoms with van der Waals surface area (Å²) in [5.74, 6) is -0.391. The molecule has 2 fully saturated rings. The minimum absolute atomic E-state index is 0.228. The third-order valence-corrected chi connectivity index (χ3v) is 10.8. The number of halogens is 2. The number of aliphatic hydroxyl groups excluding tert-OH is 2. The molecule has 0 aromatic heterocycles. The summed E-state index contributed by atoms with van der Waals surface area (Å²) < 4.78 is 26.9. The van der Waals surface area contributed by atoms with Crippen molar-refractivity contribution in [1.82, 2.24) is 10.4 Å². The maximum absolute atomic E-state index is 15.2. The van der Waals surface area contributed by atoms with E-state index in [4.69, 9.17) is 21.1 Å². The molecule has 0 spiro atoms. The number of unbranched alkanes of at least 4 members (excludes halogenated alkanes) is 12. The van der Waals surface area contributed by atoms with Gasteiger partial charge in [-0.1, -0.05) is 97.3 Å². The molecule has 0 aromatic rings. The highest BCUT2D eigenvalue weighted by molar-refractivity contribution is 7.99. The van der Waals surface area contributed by atoms with Crippen molar-refractivity contribution < 1.29 is 33.7 Å². The molecule has 46 heavy (non-hydrogen) atoms. The second-order valence-electron chi connectivity index (χ2n) is 13.5. The summed E-state index contributed by atoms with van der Waals surface area (Å²) in [6.07, 6.45) is 17.1. The zero-order chi connectivity index (χ0) is 33.8. The van der Waals surface area contributed by atoms with Crippen molar-refractivity contribution in [3.05, 3.63) is 0 Å². The fourth-order valence-electron chi connectivity index (χ4n) is 6.67. The highest BCUT2D eigenvalue weighted by atomic mass is 35.5. The Kier molecular flexibility index (Phi) is 21.6. The van der Waals surface area contributed by atoms with E-state index in [2.05, 4.69) is 12.3 Å². The van der Waals surface area contributed by atoms with Crippen molar-refractivity contribution in [2.75, 3.05) is 19.3 Å². The molecule has 0 aliphatic carbocycles. The molecule has 8 unspecified atom stereocenters. The van der Waals surface area contributed by atoms with Gasteiger partial charge in [0.1, 0.15) is 29.6 Å². The number of carbonyl (C=O) groups excluding carboxylic acids is 2. The van der Waals surface area contributed by atoms with Crippen molar-refractivity contribution in [1.29, 1.82) is 0 Å². The molecule has 3 N–H and O–H groups in total. The van der Waals surface area contributed by atoms with E-state index in [0.29, 0.717) is 32.2 Å². The van der Waals surface area contributed by atoms with Gasteiger partial charge in [0, 0.05) is 24.9 Å². The normalized spacial score (nSPS) is 29.7. The molecule has 2 rings (SSSR count). The second-order valence-corrected chi connectivity index (χ2v) is 15.0. The van der Waals surface area contributed by atoms with Crippen molar-refractivity contribution in [3.63, 3.8) is 0 Å². The van der Waals surface area contributed by atoms with Crippen LogP contribution in [-0.2, 0) is 19.1 Å². The number of carbonyl (C=O) groups is 2. The molecular weight excluding hydrogens is 631 g/mol. The number of thioether (sulfide) groups is 1. The number of hydrazine groups is 1. The van der Waals surface area contributed by atoms with Gasteiger partial charge in [-0.2, -0.15) is 0 Å². The molecule has 2 saturated heterocycles. The van der Waals surface area contributed by atoms with Crippen molar-refractivity contribution >= 4 is 35.6 Å². The number of aliphatic hydroxyl groups is 2. The molecule has 2 aliphatic rings. The molecule has 0 radical (unpaired) electrons. The molecule has 2 aliphatic heterocycles. The number of nitrogens with one attached hydrogen (secondary N) is 1. The van der Waals surface area contributed by atoms with Crippen LogP contribution in [0.15, 0.2) is 0 Å². The van der Waals surface area contributed by atoms with Crippen LogP contribution >= 0.6 is 23.4 Å². The van der Waals surface area contributed by atoms with Crippen LogP contribution < -0.4 is 5.43 Å². The zero-order valence-corrected chi connectivity index (χ0v) is 30.4. The van der Waals surface area contributed by atoms with Crippen LogP contribution in [0.2, 0.25) is 0 Å². The van der Waals surface area contributed by atoms with Crippen LogP contribution in [0.3, 0.4) is 0 Å². The lowest BCUT2D eigenvalue weighted by atomic mass is 9.91. The largest absolute Gasteiger partial charge is 0.456 e. The quantitative estimate of drug-likeness (QED) is 0.0417. The summed E-state index contributed by atoms with van der Waals surface area (Å²) in [7, 11) is 0. The minimum Gasteiger partial charge on any atom is -0.456 e. The summed E-state index contributed by atoms with van der Waals surface area (Å²) >= 11 is 7.94. The van der Waals surface area contributed by atoms with E-state index in [1.165, 1.54) is 76.0 Å². The van der Waals surface area contributed by atoms with Crippen molar-refractivity contribution in [3.8, 4) is 0 Å². The lowest BCUT2D eigenvalue weighted by molar-refractivity contribution is -0.214. The fourth-order valence-corrected chi connectivity index (χ4v) is 7.66. The second kappa shape index (κ2) is 23.8. The number of nitrogens with zero attached hydrogens (tertiary/aromatic N) is 1. The van der Waals surface area contributed by atoms with Crippen LogP contribution in [0.4, 0.5) is 4.39 Å². The first-order valence-electron chi connectivity index (χ1n) is 18.2. The number of rotatable bonds is 24. The van der Waals surface area contributed by atoms with Crippen molar-refractivity contribution in [2.45, 2.75) is 189 Å². The third-order valence-electron chi connectivity index (χ3n) is 9.58. The Balaban J connectivity index is 1.68. The first-order chi connectivity index (χ1) is 22.2. The SMILES string of the molecule is CCCCCCCCCCCCCCCC(=O)OC1C(SC)OC(CC(Cl)CNN2CCC(F)(CCC)CCC2C=O)C(O)C1O. The van der Waals surface area contributed by atoms with Crippen molar-refractivity contribution in [2.24, 2.45) is 0 Å².